The van der Waals surface area contributed by atoms with E-state index in [0.717, 1.165) is 11.3 Å². The maximum Gasteiger partial charge on any atom is 0.0402 e. The zero-order valence-corrected chi connectivity index (χ0v) is 11.3. The van der Waals surface area contributed by atoms with E-state index in [2.05, 4.69) is 0 Å². The lowest BCUT2D eigenvalue weighted by Crippen LogP contribution is -2.43. The van der Waals surface area contributed by atoms with E-state index in [0.29, 0.717) is 0 Å². The van der Waals surface area contributed by atoms with Crippen LogP contribution in [0.2, 0.25) is 0 Å². The van der Waals surface area contributed by atoms with Gasteiger partial charge in [0.1, 0.15) is 0 Å². The van der Waals surface area contributed by atoms with E-state index in [1.165, 1.54) is 0 Å². The van der Waals surface area contributed by atoms with Crippen molar-refractivity contribution >= 4 is 5.69 Å². The summed E-state index contributed by atoms with van der Waals surface area (Å²) in [5.41, 5.74) is -0.460. The molecule has 1 aliphatic heterocycles. The second-order valence-corrected chi connectivity index (χ2v) is 5.72. The smallest absolute Gasteiger partial charge is 0.0402 e. The first-order chi connectivity index (χ1) is 9.80. The van der Waals surface area contributed by atoms with Crippen molar-refractivity contribution in [3.05, 3.63) is 29.8 Å². The fourth-order valence-corrected chi connectivity index (χ4v) is 2.89. The maximum atomic E-state index is 8.64. The Bertz CT molecular complexity index is 578. The molecule has 1 nitrogen and oxygen atoms in total. The number of hydrogen-bond donors (Lipinski definition) is 0. The molecule has 1 aromatic carbocycles. The lowest BCUT2D eigenvalue weighted by molar-refractivity contribution is 0.329. The molecule has 2 atom stereocenters. The Morgan fingerprint density at radius 1 is 1.35 bits per heavy atom. The number of hydrogen-bond acceptors (Lipinski definition) is 1. The van der Waals surface area contributed by atoms with E-state index in [4.69, 9.17) is 6.85 Å². The predicted octanol–water partition coefficient (Wildman–Crippen LogP) is 4.40. The van der Waals surface area contributed by atoms with Crippen molar-refractivity contribution in [1.82, 2.24) is 0 Å². The lowest BCUT2D eigenvalue weighted by atomic mass is 9.82. The van der Waals surface area contributed by atoms with Crippen molar-refractivity contribution in [2.24, 2.45) is 5.41 Å². The highest BCUT2D eigenvalue weighted by atomic mass is 15.3. The molecular formula is C16H25N. The van der Waals surface area contributed by atoms with Gasteiger partial charge in [-0.05, 0) is 51.1 Å². The van der Waals surface area contributed by atoms with Gasteiger partial charge in [-0.3, -0.25) is 0 Å². The van der Waals surface area contributed by atoms with Gasteiger partial charge in [0.2, 0.25) is 0 Å². The fourth-order valence-electron chi connectivity index (χ4n) is 2.89. The number of benzene rings is 1. The summed E-state index contributed by atoms with van der Waals surface area (Å²) < 4.78 is 41.2. The second kappa shape index (κ2) is 3.76. The summed E-state index contributed by atoms with van der Waals surface area (Å²) in [4.78, 5) is 1.95. The third kappa shape index (κ3) is 1.96. The minimum Gasteiger partial charge on any atom is -0.363 e. The zero-order chi connectivity index (χ0) is 17.1. The summed E-state index contributed by atoms with van der Waals surface area (Å²) in [7, 11) is 0. The molecule has 2 rings (SSSR count). The van der Waals surface area contributed by atoms with E-state index in [9.17, 15) is 0 Å². The quantitative estimate of drug-likeness (QED) is 0.698. The zero-order valence-electron chi connectivity index (χ0n) is 16.3. The lowest BCUT2D eigenvalue weighted by Gasteiger charge is -2.38. The van der Waals surface area contributed by atoms with Gasteiger partial charge in [0.25, 0.3) is 0 Å². The third-order valence-corrected chi connectivity index (χ3v) is 3.77. The first kappa shape index (κ1) is 7.45. The molecule has 0 spiro atoms. The number of anilines is 1. The van der Waals surface area contributed by atoms with Crippen LogP contribution in [0.25, 0.3) is 0 Å². The molecule has 17 heavy (non-hydrogen) atoms. The number of nitrogens with zero attached hydrogens (tertiary/aromatic N) is 1. The minimum absolute atomic E-state index is 0.453. The summed E-state index contributed by atoms with van der Waals surface area (Å²) >= 11 is 0. The van der Waals surface area contributed by atoms with Crippen LogP contribution in [0, 0.1) is 12.3 Å². The molecule has 1 aromatic rings. The van der Waals surface area contributed by atoms with Gasteiger partial charge in [-0.2, -0.15) is 0 Å². The van der Waals surface area contributed by atoms with E-state index in [-0.39, 0.29) is 0 Å². The van der Waals surface area contributed by atoms with E-state index >= 15 is 0 Å². The SMILES string of the molecule is [2H]C([2H])([2H])C1(C)C(C)N(c2ccccc2C)C(C)(C)C1([2H])[2H]. The first-order valence-corrected chi connectivity index (χ1v) is 6.15. The molecular weight excluding hydrogens is 206 g/mol. The number of aryl methyl sites for hydroxylation is 1. The summed E-state index contributed by atoms with van der Waals surface area (Å²) in [5.74, 6) is 0. The Kier molecular flexibility index (Phi) is 1.65. The Labute approximate surface area is 113 Å². The van der Waals surface area contributed by atoms with Crippen molar-refractivity contribution in [2.45, 2.75) is 59.4 Å². The molecule has 1 heterocycles. The van der Waals surface area contributed by atoms with Crippen molar-refractivity contribution in [1.29, 1.82) is 0 Å². The topological polar surface area (TPSA) is 3.24 Å². The molecule has 0 aromatic heterocycles. The molecule has 0 N–H and O–H groups in total. The van der Waals surface area contributed by atoms with E-state index < -0.39 is 30.2 Å². The summed E-state index contributed by atoms with van der Waals surface area (Å²) in [6, 6.07) is 7.30. The number of rotatable bonds is 1. The molecule has 1 fully saturated rings. The van der Waals surface area contributed by atoms with Crippen LogP contribution in [0.15, 0.2) is 24.3 Å². The number of para-hydroxylation sites is 1. The van der Waals surface area contributed by atoms with Gasteiger partial charge in [-0.25, -0.2) is 0 Å². The van der Waals surface area contributed by atoms with Crippen LogP contribution >= 0.6 is 0 Å². The molecule has 0 saturated carbocycles. The Hall–Kier alpha value is -0.980. The van der Waals surface area contributed by atoms with Crippen LogP contribution in [0.4, 0.5) is 5.69 Å². The van der Waals surface area contributed by atoms with Gasteiger partial charge in [0.15, 0.2) is 0 Å². The van der Waals surface area contributed by atoms with Crippen molar-refractivity contribution < 1.29 is 6.85 Å². The standard InChI is InChI=1S/C16H25N/c1-12-9-7-8-10-14(12)17-13(2)15(3,4)11-16(17,5)6/h7-10,13H,11H2,1-6H3/i3D3,11D2. The molecule has 0 bridgehead atoms. The highest BCUT2D eigenvalue weighted by Crippen LogP contribution is 2.48. The van der Waals surface area contributed by atoms with Crippen LogP contribution in [0.5, 0.6) is 0 Å². The molecule has 0 amide bonds. The van der Waals surface area contributed by atoms with Crippen LogP contribution < -0.4 is 4.90 Å². The van der Waals surface area contributed by atoms with Crippen molar-refractivity contribution in [3.63, 3.8) is 0 Å². The summed E-state index contributed by atoms with van der Waals surface area (Å²) in [5, 5.41) is 0. The van der Waals surface area contributed by atoms with Crippen LogP contribution in [0.1, 0.15) is 53.3 Å². The second-order valence-electron chi connectivity index (χ2n) is 5.72. The largest absolute Gasteiger partial charge is 0.363 e. The van der Waals surface area contributed by atoms with Crippen LogP contribution in [-0.2, 0) is 0 Å². The Balaban J connectivity index is 2.72. The van der Waals surface area contributed by atoms with Gasteiger partial charge in [-0.15, -0.1) is 0 Å². The van der Waals surface area contributed by atoms with Crippen molar-refractivity contribution in [3.8, 4) is 0 Å². The first-order valence-electron chi connectivity index (χ1n) is 8.65. The van der Waals surface area contributed by atoms with Gasteiger partial charge in [0.05, 0.1) is 0 Å². The molecule has 2 unspecified atom stereocenters. The predicted molar refractivity (Wildman–Crippen MR) is 75.6 cm³/mol. The maximum absolute atomic E-state index is 8.64. The van der Waals surface area contributed by atoms with Gasteiger partial charge < -0.3 is 4.90 Å². The molecule has 1 heteroatoms. The molecule has 1 aliphatic rings. The van der Waals surface area contributed by atoms with Gasteiger partial charge >= 0.3 is 0 Å². The van der Waals surface area contributed by atoms with Crippen LogP contribution in [0.3, 0.4) is 0 Å². The average Bonchev–Trinajstić information content (AvgIpc) is 2.47. The minimum atomic E-state index is -2.38. The molecule has 1 saturated heterocycles. The Morgan fingerprint density at radius 3 is 2.53 bits per heavy atom. The molecule has 94 valence electrons. The Morgan fingerprint density at radius 2 is 2.00 bits per heavy atom. The van der Waals surface area contributed by atoms with Gasteiger partial charge in [0, 0.05) is 24.1 Å². The normalized spacial score (nSPS) is 39.9. The monoisotopic (exact) mass is 236 g/mol. The highest BCUT2D eigenvalue weighted by molar-refractivity contribution is 5.57. The van der Waals surface area contributed by atoms with E-state index in [1.54, 1.807) is 20.8 Å². The fraction of sp³-hybridized carbons (Fsp3) is 0.625. The average molecular weight is 236 g/mol. The third-order valence-electron chi connectivity index (χ3n) is 3.77. The van der Waals surface area contributed by atoms with Crippen molar-refractivity contribution in [2.75, 3.05) is 4.90 Å². The van der Waals surface area contributed by atoms with E-state index in [1.807, 2.05) is 43.0 Å². The highest BCUT2D eigenvalue weighted by Gasteiger charge is 2.48. The summed E-state index contributed by atoms with van der Waals surface area (Å²) in [6.07, 6.45) is -1.87. The molecule has 0 aliphatic carbocycles. The molecule has 0 radical (unpaired) electrons. The van der Waals surface area contributed by atoms with Gasteiger partial charge in [-0.1, -0.05) is 32.0 Å². The summed E-state index contributed by atoms with van der Waals surface area (Å²) in [6.45, 7) is 6.57. The van der Waals surface area contributed by atoms with Crippen LogP contribution in [-0.4, -0.2) is 11.6 Å².